The molecule has 0 bridgehead atoms. The van der Waals surface area contributed by atoms with E-state index in [-0.39, 0.29) is 12.5 Å². The number of amides is 1. The molecule has 0 saturated carbocycles. The van der Waals surface area contributed by atoms with Gasteiger partial charge in [0.1, 0.15) is 18.5 Å². The van der Waals surface area contributed by atoms with Gasteiger partial charge in [-0.2, -0.15) is 0 Å². The summed E-state index contributed by atoms with van der Waals surface area (Å²) in [4.78, 5) is 12.5. The Morgan fingerprint density at radius 1 is 0.903 bits per heavy atom. The standard InChI is InChI=1S/C25H27NO5/c1-28-22-15-20(31-17-18-10-6-4-7-11-18)14-21(24(22)30-3)23(29-2)16-26-25(27)19-12-8-5-9-13-19/h4-15,23H,16-17H2,1-3H3,(H,26,27). The van der Waals surface area contributed by atoms with Gasteiger partial charge in [-0.15, -0.1) is 0 Å². The van der Waals surface area contributed by atoms with E-state index < -0.39 is 6.10 Å². The lowest BCUT2D eigenvalue weighted by Crippen LogP contribution is -2.29. The number of hydrogen-bond donors (Lipinski definition) is 1. The summed E-state index contributed by atoms with van der Waals surface area (Å²) in [6, 6.07) is 22.6. The van der Waals surface area contributed by atoms with Gasteiger partial charge in [-0.25, -0.2) is 0 Å². The topological polar surface area (TPSA) is 66.0 Å². The Bertz CT molecular complexity index is 976. The first-order valence-corrected chi connectivity index (χ1v) is 9.95. The van der Waals surface area contributed by atoms with E-state index in [4.69, 9.17) is 18.9 Å². The molecule has 0 aliphatic carbocycles. The molecule has 3 aromatic rings. The molecular formula is C25H27NO5. The van der Waals surface area contributed by atoms with Crippen molar-refractivity contribution >= 4 is 5.91 Å². The van der Waals surface area contributed by atoms with E-state index in [1.807, 2.05) is 54.6 Å². The summed E-state index contributed by atoms with van der Waals surface area (Å²) in [5.41, 5.74) is 2.36. The highest BCUT2D eigenvalue weighted by molar-refractivity contribution is 5.94. The van der Waals surface area contributed by atoms with Crippen molar-refractivity contribution in [3.63, 3.8) is 0 Å². The van der Waals surface area contributed by atoms with Crippen molar-refractivity contribution < 1.29 is 23.7 Å². The van der Waals surface area contributed by atoms with Gasteiger partial charge in [0.15, 0.2) is 11.5 Å². The predicted octanol–water partition coefficient (Wildman–Crippen LogP) is 4.40. The van der Waals surface area contributed by atoms with E-state index in [0.717, 1.165) is 11.1 Å². The lowest BCUT2D eigenvalue weighted by atomic mass is 10.1. The lowest BCUT2D eigenvalue weighted by molar-refractivity contribution is 0.0816. The van der Waals surface area contributed by atoms with Crippen molar-refractivity contribution in [1.29, 1.82) is 0 Å². The fourth-order valence-electron chi connectivity index (χ4n) is 3.23. The smallest absolute Gasteiger partial charge is 0.251 e. The summed E-state index contributed by atoms with van der Waals surface area (Å²) in [6.07, 6.45) is -0.461. The van der Waals surface area contributed by atoms with Gasteiger partial charge in [-0.1, -0.05) is 48.5 Å². The molecule has 3 aromatic carbocycles. The number of nitrogens with one attached hydrogen (secondary N) is 1. The summed E-state index contributed by atoms with van der Waals surface area (Å²) in [6.45, 7) is 0.671. The maximum atomic E-state index is 12.5. The van der Waals surface area contributed by atoms with Crippen LogP contribution in [0.4, 0.5) is 0 Å². The molecule has 0 spiro atoms. The SMILES string of the molecule is COc1cc(OCc2ccccc2)cc(C(CNC(=O)c2ccccc2)OC)c1OC. The van der Waals surface area contributed by atoms with E-state index in [1.54, 1.807) is 39.5 Å². The number of methoxy groups -OCH3 is 3. The fraction of sp³-hybridized carbons (Fsp3) is 0.240. The van der Waals surface area contributed by atoms with Crippen LogP contribution in [-0.2, 0) is 11.3 Å². The van der Waals surface area contributed by atoms with Crippen LogP contribution < -0.4 is 19.5 Å². The average Bonchev–Trinajstić information content (AvgIpc) is 2.83. The zero-order chi connectivity index (χ0) is 22.1. The summed E-state index contributed by atoms with van der Waals surface area (Å²) in [7, 11) is 4.73. The Kier molecular flexibility index (Phi) is 7.90. The third-order valence-corrected chi connectivity index (χ3v) is 4.84. The van der Waals surface area contributed by atoms with E-state index in [0.29, 0.717) is 29.4 Å². The lowest BCUT2D eigenvalue weighted by Gasteiger charge is -2.22. The highest BCUT2D eigenvalue weighted by Crippen LogP contribution is 2.40. The maximum Gasteiger partial charge on any atom is 0.251 e. The van der Waals surface area contributed by atoms with Crippen molar-refractivity contribution in [2.24, 2.45) is 0 Å². The zero-order valence-corrected chi connectivity index (χ0v) is 18.0. The minimum absolute atomic E-state index is 0.176. The molecule has 0 radical (unpaired) electrons. The number of carbonyl (C=O) groups is 1. The Hall–Kier alpha value is -3.51. The molecule has 0 aromatic heterocycles. The van der Waals surface area contributed by atoms with Crippen LogP contribution in [0.2, 0.25) is 0 Å². The molecule has 0 aliphatic rings. The molecular weight excluding hydrogens is 394 g/mol. The molecule has 0 heterocycles. The minimum atomic E-state index is -0.461. The highest BCUT2D eigenvalue weighted by Gasteiger charge is 2.22. The predicted molar refractivity (Wildman–Crippen MR) is 119 cm³/mol. The van der Waals surface area contributed by atoms with Crippen molar-refractivity contribution in [3.05, 3.63) is 89.5 Å². The molecule has 1 unspecified atom stereocenters. The second-order valence-corrected chi connectivity index (χ2v) is 6.82. The van der Waals surface area contributed by atoms with E-state index >= 15 is 0 Å². The molecule has 3 rings (SSSR count). The number of ether oxygens (including phenoxy) is 4. The molecule has 6 nitrogen and oxygen atoms in total. The largest absolute Gasteiger partial charge is 0.493 e. The van der Waals surface area contributed by atoms with Gasteiger partial charge < -0.3 is 24.3 Å². The Morgan fingerprint density at radius 2 is 1.58 bits per heavy atom. The normalized spacial score (nSPS) is 11.5. The molecule has 1 amide bonds. The summed E-state index contributed by atoms with van der Waals surface area (Å²) in [5.74, 6) is 1.51. The quantitative estimate of drug-likeness (QED) is 0.526. The Labute approximate surface area is 182 Å². The van der Waals surface area contributed by atoms with Crippen molar-refractivity contribution in [2.45, 2.75) is 12.7 Å². The third-order valence-electron chi connectivity index (χ3n) is 4.84. The number of benzene rings is 3. The van der Waals surface area contributed by atoms with Crippen LogP contribution in [0.1, 0.15) is 27.6 Å². The molecule has 1 N–H and O–H groups in total. The molecule has 31 heavy (non-hydrogen) atoms. The van der Waals surface area contributed by atoms with Gasteiger partial charge in [0.25, 0.3) is 5.91 Å². The molecule has 0 saturated heterocycles. The first kappa shape index (κ1) is 22.2. The van der Waals surface area contributed by atoms with Gasteiger partial charge in [-0.05, 0) is 23.8 Å². The van der Waals surface area contributed by atoms with Gasteiger partial charge in [0.05, 0.1) is 14.2 Å². The van der Waals surface area contributed by atoms with Gasteiger partial charge in [0, 0.05) is 30.8 Å². The van der Waals surface area contributed by atoms with Crippen molar-refractivity contribution in [3.8, 4) is 17.2 Å². The summed E-state index contributed by atoms with van der Waals surface area (Å²) >= 11 is 0. The molecule has 162 valence electrons. The monoisotopic (exact) mass is 421 g/mol. The van der Waals surface area contributed by atoms with Gasteiger partial charge in [-0.3, -0.25) is 4.79 Å². The van der Waals surface area contributed by atoms with Gasteiger partial charge >= 0.3 is 0 Å². The second-order valence-electron chi connectivity index (χ2n) is 6.82. The fourth-order valence-corrected chi connectivity index (χ4v) is 3.23. The Morgan fingerprint density at radius 3 is 2.19 bits per heavy atom. The van der Waals surface area contributed by atoms with Crippen LogP contribution >= 0.6 is 0 Å². The molecule has 1 atom stereocenters. The minimum Gasteiger partial charge on any atom is -0.493 e. The van der Waals surface area contributed by atoms with E-state index in [1.165, 1.54) is 0 Å². The average molecular weight is 421 g/mol. The highest BCUT2D eigenvalue weighted by atomic mass is 16.5. The number of carbonyl (C=O) groups excluding carboxylic acids is 1. The van der Waals surface area contributed by atoms with Crippen LogP contribution in [0.15, 0.2) is 72.8 Å². The first-order valence-electron chi connectivity index (χ1n) is 9.95. The third kappa shape index (κ3) is 5.77. The van der Waals surface area contributed by atoms with Crippen LogP contribution in [0.3, 0.4) is 0 Å². The number of hydrogen-bond acceptors (Lipinski definition) is 5. The second kappa shape index (κ2) is 11.0. The van der Waals surface area contributed by atoms with E-state index in [2.05, 4.69) is 5.32 Å². The maximum absolute atomic E-state index is 12.5. The van der Waals surface area contributed by atoms with Crippen LogP contribution in [0, 0.1) is 0 Å². The first-order chi connectivity index (χ1) is 15.2. The Balaban J connectivity index is 1.81. The number of rotatable bonds is 10. The molecule has 6 heteroatoms. The van der Waals surface area contributed by atoms with Gasteiger partial charge in [0.2, 0.25) is 0 Å². The van der Waals surface area contributed by atoms with Crippen LogP contribution in [0.25, 0.3) is 0 Å². The van der Waals surface area contributed by atoms with Crippen LogP contribution in [0.5, 0.6) is 17.2 Å². The molecule has 0 fully saturated rings. The van der Waals surface area contributed by atoms with Crippen molar-refractivity contribution in [1.82, 2.24) is 5.32 Å². The summed E-state index contributed by atoms with van der Waals surface area (Å²) < 4.78 is 22.8. The van der Waals surface area contributed by atoms with E-state index in [9.17, 15) is 4.79 Å². The van der Waals surface area contributed by atoms with Crippen molar-refractivity contribution in [2.75, 3.05) is 27.9 Å². The molecule has 0 aliphatic heterocycles. The zero-order valence-electron chi connectivity index (χ0n) is 18.0. The summed E-state index contributed by atoms with van der Waals surface area (Å²) in [5, 5.41) is 2.91. The van der Waals surface area contributed by atoms with Crippen LogP contribution in [-0.4, -0.2) is 33.8 Å².